The highest BCUT2D eigenvalue weighted by atomic mass is 16.5. The molecule has 1 N–H and O–H groups in total. The summed E-state index contributed by atoms with van der Waals surface area (Å²) in [4.78, 5) is 23.4. The lowest BCUT2D eigenvalue weighted by Crippen LogP contribution is -2.32. The molecule has 0 aliphatic carbocycles. The molecule has 1 aromatic rings. The monoisotopic (exact) mass is 241 g/mol. The van der Waals surface area contributed by atoms with Crippen molar-refractivity contribution in [2.45, 2.75) is 19.6 Å². The highest BCUT2D eigenvalue weighted by Crippen LogP contribution is 2.04. The van der Waals surface area contributed by atoms with Crippen LogP contribution in [0.2, 0.25) is 0 Å². The summed E-state index contributed by atoms with van der Waals surface area (Å²) in [6.45, 7) is 1.45. The smallest absolute Gasteiger partial charge is 0.332 e. The maximum absolute atomic E-state index is 11.6. The highest BCUT2D eigenvalue weighted by Gasteiger charge is 2.16. The first-order valence-electron chi connectivity index (χ1n) is 5.11. The van der Waals surface area contributed by atoms with Gasteiger partial charge in [0.15, 0.2) is 6.10 Å². The second kappa shape index (κ2) is 6.05. The van der Waals surface area contributed by atoms with Crippen molar-refractivity contribution >= 4 is 11.9 Å². The lowest BCUT2D eigenvalue weighted by Gasteiger charge is -2.16. The minimum atomic E-state index is -1.09. The fourth-order valence-corrected chi connectivity index (χ4v) is 1.10. The molecule has 0 unspecified atom stereocenters. The van der Waals surface area contributed by atoms with E-state index in [1.165, 1.54) is 18.1 Å². The quantitative estimate of drug-likeness (QED) is 0.794. The van der Waals surface area contributed by atoms with E-state index >= 15 is 0 Å². The van der Waals surface area contributed by atoms with Gasteiger partial charge in [0.05, 0.1) is 12.8 Å². The van der Waals surface area contributed by atoms with Crippen LogP contribution in [0.3, 0.4) is 0 Å². The fourth-order valence-electron chi connectivity index (χ4n) is 1.10. The molecule has 17 heavy (non-hydrogen) atoms. The maximum Gasteiger partial charge on any atom is 0.332 e. The Hall–Kier alpha value is -1.82. The Morgan fingerprint density at radius 1 is 1.59 bits per heavy atom. The summed E-state index contributed by atoms with van der Waals surface area (Å²) in [7, 11) is 1.60. The molecule has 1 amide bonds. The van der Waals surface area contributed by atoms with Gasteiger partial charge in [0.25, 0.3) is 0 Å². The SMILES string of the molecule is C[C@@H](OCC(=O)N(C)Cc1ccco1)C(=O)O. The van der Waals surface area contributed by atoms with E-state index in [0.717, 1.165) is 0 Å². The largest absolute Gasteiger partial charge is 0.479 e. The van der Waals surface area contributed by atoms with Gasteiger partial charge in [0.2, 0.25) is 5.91 Å². The number of carbonyl (C=O) groups is 2. The van der Waals surface area contributed by atoms with Gasteiger partial charge in [-0.2, -0.15) is 0 Å². The van der Waals surface area contributed by atoms with E-state index in [1.54, 1.807) is 19.2 Å². The number of nitrogens with zero attached hydrogens (tertiary/aromatic N) is 1. The second-order valence-corrected chi connectivity index (χ2v) is 3.62. The number of aliphatic carboxylic acids is 1. The van der Waals surface area contributed by atoms with E-state index in [9.17, 15) is 9.59 Å². The Kier molecular flexibility index (Phi) is 4.71. The van der Waals surface area contributed by atoms with Gasteiger partial charge in [-0.15, -0.1) is 0 Å². The summed E-state index contributed by atoms with van der Waals surface area (Å²) in [5.74, 6) is -0.729. The predicted molar refractivity (Wildman–Crippen MR) is 58.2 cm³/mol. The zero-order valence-electron chi connectivity index (χ0n) is 9.75. The number of carboxylic acids is 1. The van der Waals surface area contributed by atoms with Crippen molar-refractivity contribution < 1.29 is 23.8 Å². The molecule has 0 saturated heterocycles. The van der Waals surface area contributed by atoms with Crippen LogP contribution in [0.15, 0.2) is 22.8 Å². The molecule has 1 heterocycles. The molecular formula is C11H15NO5. The van der Waals surface area contributed by atoms with Crippen LogP contribution in [0, 0.1) is 0 Å². The summed E-state index contributed by atoms with van der Waals surface area (Å²) in [6, 6.07) is 3.49. The van der Waals surface area contributed by atoms with Crippen molar-refractivity contribution in [2.24, 2.45) is 0 Å². The standard InChI is InChI=1S/C11H15NO5/c1-8(11(14)15)17-7-10(13)12(2)6-9-4-3-5-16-9/h3-5,8H,6-7H2,1-2H3,(H,14,15)/t8-/m1/s1. The number of ether oxygens (including phenoxy) is 1. The van der Waals surface area contributed by atoms with E-state index < -0.39 is 12.1 Å². The third kappa shape index (κ3) is 4.28. The summed E-state index contributed by atoms with van der Waals surface area (Å²) in [5, 5.41) is 8.58. The number of carboxylic acid groups (broad SMARTS) is 1. The van der Waals surface area contributed by atoms with Crippen molar-refractivity contribution in [3.05, 3.63) is 24.2 Å². The average Bonchev–Trinajstić information content (AvgIpc) is 2.77. The van der Waals surface area contributed by atoms with Crippen LogP contribution in [0.4, 0.5) is 0 Å². The van der Waals surface area contributed by atoms with E-state index in [2.05, 4.69) is 0 Å². The fraction of sp³-hybridized carbons (Fsp3) is 0.455. The first-order valence-corrected chi connectivity index (χ1v) is 5.11. The van der Waals surface area contributed by atoms with Gasteiger partial charge in [-0.25, -0.2) is 4.79 Å². The second-order valence-electron chi connectivity index (χ2n) is 3.62. The van der Waals surface area contributed by atoms with Crippen molar-refractivity contribution in [3.63, 3.8) is 0 Å². The third-order valence-corrected chi connectivity index (χ3v) is 2.20. The van der Waals surface area contributed by atoms with Gasteiger partial charge in [0.1, 0.15) is 12.4 Å². The van der Waals surface area contributed by atoms with E-state index in [4.69, 9.17) is 14.3 Å². The third-order valence-electron chi connectivity index (χ3n) is 2.20. The summed E-state index contributed by atoms with van der Waals surface area (Å²) in [6.07, 6.45) is 0.535. The molecule has 6 nitrogen and oxygen atoms in total. The lowest BCUT2D eigenvalue weighted by molar-refractivity contribution is -0.152. The van der Waals surface area contributed by atoms with E-state index in [-0.39, 0.29) is 12.5 Å². The summed E-state index contributed by atoms with van der Waals surface area (Å²) >= 11 is 0. The predicted octanol–water partition coefficient (Wildman–Crippen LogP) is 0.728. The number of hydrogen-bond acceptors (Lipinski definition) is 4. The molecule has 0 bridgehead atoms. The summed E-state index contributed by atoms with van der Waals surface area (Å²) in [5.41, 5.74) is 0. The van der Waals surface area contributed by atoms with E-state index in [1.807, 2.05) is 0 Å². The van der Waals surface area contributed by atoms with Crippen molar-refractivity contribution in [1.82, 2.24) is 4.90 Å². The van der Waals surface area contributed by atoms with Crippen LogP contribution < -0.4 is 0 Å². The van der Waals surface area contributed by atoms with Crippen LogP contribution in [0.5, 0.6) is 0 Å². The molecule has 0 spiro atoms. The zero-order valence-corrected chi connectivity index (χ0v) is 9.75. The topological polar surface area (TPSA) is 80.0 Å². The number of carbonyl (C=O) groups excluding carboxylic acids is 1. The molecule has 0 fully saturated rings. The van der Waals surface area contributed by atoms with Crippen molar-refractivity contribution in [3.8, 4) is 0 Å². The number of amides is 1. The van der Waals surface area contributed by atoms with Crippen LogP contribution in [-0.2, 0) is 20.9 Å². The van der Waals surface area contributed by atoms with Crippen LogP contribution in [0.1, 0.15) is 12.7 Å². The molecule has 0 radical (unpaired) electrons. The van der Waals surface area contributed by atoms with Crippen molar-refractivity contribution in [2.75, 3.05) is 13.7 Å². The van der Waals surface area contributed by atoms with Gasteiger partial charge >= 0.3 is 5.97 Å². The Labute approximate surface area is 98.8 Å². The van der Waals surface area contributed by atoms with Crippen LogP contribution in [-0.4, -0.2) is 41.6 Å². The Bertz CT molecular complexity index is 373. The number of likely N-dealkylation sites (N-methyl/N-ethyl adjacent to an activating group) is 1. The molecule has 1 atom stereocenters. The van der Waals surface area contributed by atoms with Crippen molar-refractivity contribution in [1.29, 1.82) is 0 Å². The molecule has 0 aliphatic heterocycles. The Morgan fingerprint density at radius 3 is 2.82 bits per heavy atom. The molecular weight excluding hydrogens is 226 g/mol. The molecule has 0 aliphatic rings. The molecule has 94 valence electrons. The van der Waals surface area contributed by atoms with Gasteiger partial charge in [-0.3, -0.25) is 4.79 Å². The number of hydrogen-bond donors (Lipinski definition) is 1. The zero-order chi connectivity index (χ0) is 12.8. The minimum absolute atomic E-state index is 0.259. The van der Waals surface area contributed by atoms with Gasteiger partial charge < -0.3 is 19.2 Å². The van der Waals surface area contributed by atoms with Gasteiger partial charge in [-0.05, 0) is 19.1 Å². The first kappa shape index (κ1) is 13.2. The van der Waals surface area contributed by atoms with E-state index in [0.29, 0.717) is 12.3 Å². The average molecular weight is 241 g/mol. The first-order chi connectivity index (χ1) is 8.00. The molecule has 1 rings (SSSR count). The molecule has 6 heteroatoms. The van der Waals surface area contributed by atoms with Gasteiger partial charge in [-0.1, -0.05) is 0 Å². The Balaban J connectivity index is 2.34. The maximum atomic E-state index is 11.6. The minimum Gasteiger partial charge on any atom is -0.479 e. The van der Waals surface area contributed by atoms with Crippen LogP contribution in [0.25, 0.3) is 0 Å². The van der Waals surface area contributed by atoms with Gasteiger partial charge in [0, 0.05) is 7.05 Å². The summed E-state index contributed by atoms with van der Waals surface area (Å²) < 4.78 is 9.97. The molecule has 1 aromatic heterocycles. The normalized spacial score (nSPS) is 12.1. The van der Waals surface area contributed by atoms with Crippen LogP contribution >= 0.6 is 0 Å². The number of rotatable bonds is 6. The highest BCUT2D eigenvalue weighted by molar-refractivity contribution is 5.78. The molecule has 0 aromatic carbocycles. The number of furan rings is 1. The molecule has 0 saturated carbocycles. The lowest BCUT2D eigenvalue weighted by atomic mass is 10.4. The Morgan fingerprint density at radius 2 is 2.29 bits per heavy atom.